The van der Waals surface area contributed by atoms with Gasteiger partial charge in [-0.2, -0.15) is 8.78 Å². The molecule has 4 saturated heterocycles. The average molecular weight is 1280 g/mol. The highest BCUT2D eigenvalue weighted by Crippen LogP contribution is 2.59. The highest BCUT2D eigenvalue weighted by molar-refractivity contribution is 7.52. The van der Waals surface area contributed by atoms with Crippen molar-refractivity contribution in [1.82, 2.24) is 40.9 Å². The zero-order chi connectivity index (χ0) is 65.0. The molecule has 27 heteroatoms. The molecular formula is C63H74F2N9O14PS. The van der Waals surface area contributed by atoms with E-state index in [2.05, 4.69) is 33.1 Å². The van der Waals surface area contributed by atoms with Gasteiger partial charge in [0.2, 0.25) is 41.4 Å². The van der Waals surface area contributed by atoms with Gasteiger partial charge in [-0.3, -0.25) is 53.0 Å². The number of hydrogen-bond acceptors (Lipinski definition) is 14. The number of carbonyl (C=O) groups is 10. The number of benzene rings is 3. The number of rotatable bonds is 19. The first-order valence-corrected chi connectivity index (χ1v) is 32.6. The van der Waals surface area contributed by atoms with Crippen LogP contribution in [0.5, 0.6) is 0 Å². The number of amides is 9. The SMILES string of the molecule is CCN1CC[C@H]2CC[C@@H](C(=O)NC(CCC(N)=O)C(=O)NC(Cc3ccc(C(=O)OC(C)(C)C)cc3)C(=O)N3CCC(CCC#Cc4cccc5c4CN(C4CCC(=O)NC4=O)C5=O)CC3)N2C(=O)[C@@H](NC(=O)c2cc3cc(C(F)(F)P(=O)(O)O)ccc3s2)C1. The number of primary amides is 1. The maximum Gasteiger partial charge on any atom is 0.399 e. The van der Waals surface area contributed by atoms with Crippen LogP contribution in [-0.4, -0.2) is 163 Å². The molecule has 3 aromatic carbocycles. The van der Waals surface area contributed by atoms with Crippen molar-refractivity contribution in [2.75, 3.05) is 32.7 Å². The normalized spacial score (nSPS) is 20.8. The van der Waals surface area contributed by atoms with Gasteiger partial charge in [-0.15, -0.1) is 11.3 Å². The van der Waals surface area contributed by atoms with Gasteiger partial charge in [-0.1, -0.05) is 43.0 Å². The van der Waals surface area contributed by atoms with Crippen molar-refractivity contribution in [3.8, 4) is 11.8 Å². The summed E-state index contributed by atoms with van der Waals surface area (Å²) >= 11 is 0.914. The summed E-state index contributed by atoms with van der Waals surface area (Å²) in [5.74, 6) is 0.873. The maximum absolute atomic E-state index is 14.8. The summed E-state index contributed by atoms with van der Waals surface area (Å²) in [6.07, 6.45) is 3.20. The number of halogens is 2. The van der Waals surface area contributed by atoms with E-state index < -0.39 is 108 Å². The Bertz CT molecular complexity index is 3610. The van der Waals surface area contributed by atoms with Crippen LogP contribution in [-0.2, 0) is 61.5 Å². The predicted molar refractivity (Wildman–Crippen MR) is 325 cm³/mol. The van der Waals surface area contributed by atoms with Crippen LogP contribution < -0.4 is 27.0 Å². The van der Waals surface area contributed by atoms with Crippen molar-refractivity contribution >= 4 is 88.2 Å². The number of alkyl halides is 2. The Morgan fingerprint density at radius 1 is 0.900 bits per heavy atom. The van der Waals surface area contributed by atoms with Crippen LogP contribution in [0.25, 0.3) is 10.1 Å². The number of thiophene rings is 1. The molecular weight excluding hydrogens is 1210 g/mol. The Morgan fingerprint density at radius 3 is 2.31 bits per heavy atom. The van der Waals surface area contributed by atoms with Gasteiger partial charge in [0.25, 0.3) is 11.8 Å². The Balaban J connectivity index is 0.877. The van der Waals surface area contributed by atoms with Gasteiger partial charge < -0.3 is 55.8 Å². The highest BCUT2D eigenvalue weighted by Gasteiger charge is 2.51. The molecule has 4 aromatic rings. The van der Waals surface area contributed by atoms with Gasteiger partial charge in [0.05, 0.1) is 10.4 Å². The molecule has 0 bridgehead atoms. The molecule has 9 rings (SSSR count). The van der Waals surface area contributed by atoms with E-state index in [1.807, 2.05) is 17.9 Å². The first kappa shape index (κ1) is 66.5. The van der Waals surface area contributed by atoms with Gasteiger partial charge >= 0.3 is 19.2 Å². The van der Waals surface area contributed by atoms with Gasteiger partial charge in [-0.25, -0.2) is 4.79 Å². The highest BCUT2D eigenvalue weighted by atomic mass is 32.1. The lowest BCUT2D eigenvalue weighted by Gasteiger charge is -2.38. The number of fused-ring (bicyclic) bond motifs is 3. The molecule has 0 radical (unpaired) electrons. The molecule has 23 nitrogen and oxygen atoms in total. The van der Waals surface area contributed by atoms with Crippen molar-refractivity contribution in [2.45, 2.75) is 159 Å². The fraction of sp³-hybridized carbons (Fsp3) is 0.492. The van der Waals surface area contributed by atoms with Crippen molar-refractivity contribution in [3.63, 3.8) is 0 Å². The lowest BCUT2D eigenvalue weighted by molar-refractivity contribution is -0.144. The lowest BCUT2D eigenvalue weighted by Crippen LogP contribution is -2.62. The quantitative estimate of drug-likeness (QED) is 0.0293. The monoisotopic (exact) mass is 1280 g/mol. The third kappa shape index (κ3) is 15.4. The number of likely N-dealkylation sites (N-methyl/N-ethyl adjacent to an activating group) is 1. The largest absolute Gasteiger partial charge is 0.456 e. The van der Waals surface area contributed by atoms with Gasteiger partial charge in [0.1, 0.15) is 35.8 Å². The van der Waals surface area contributed by atoms with Gasteiger partial charge in [0.15, 0.2) is 0 Å². The van der Waals surface area contributed by atoms with E-state index in [1.165, 1.54) is 21.9 Å². The van der Waals surface area contributed by atoms with Crippen LogP contribution in [0.3, 0.4) is 0 Å². The molecule has 4 fully saturated rings. The minimum atomic E-state index is -5.89. The molecule has 8 N–H and O–H groups in total. The number of hydrogen-bond donors (Lipinski definition) is 7. The second-order valence-corrected chi connectivity index (χ2v) is 27.3. The topological polar surface area (TPSA) is 325 Å². The number of nitrogens with two attached hydrogens (primary N) is 1. The van der Waals surface area contributed by atoms with E-state index >= 15 is 0 Å². The molecule has 480 valence electrons. The number of ether oxygens (including phenoxy) is 1. The van der Waals surface area contributed by atoms with E-state index in [1.54, 1.807) is 62.1 Å². The fourth-order valence-corrected chi connectivity index (χ4v) is 13.7. The number of imide groups is 1. The fourth-order valence-electron chi connectivity index (χ4n) is 12.3. The van der Waals surface area contributed by atoms with E-state index in [-0.39, 0.29) is 85.2 Å². The van der Waals surface area contributed by atoms with Crippen LogP contribution in [0.15, 0.2) is 66.7 Å². The molecule has 5 aliphatic rings. The van der Waals surface area contributed by atoms with Crippen molar-refractivity contribution in [3.05, 3.63) is 105 Å². The minimum absolute atomic E-state index is 0.0183. The molecule has 5 aliphatic heterocycles. The number of likely N-dealkylation sites (tertiary alicyclic amines) is 1. The van der Waals surface area contributed by atoms with E-state index in [9.17, 15) is 71.1 Å². The zero-order valence-electron chi connectivity index (χ0n) is 50.4. The Kier molecular flexibility index (Phi) is 20.4. The lowest BCUT2D eigenvalue weighted by atomic mass is 9.91. The number of nitrogens with zero attached hydrogens (tertiary/aromatic N) is 4. The number of carbonyl (C=O) groups excluding carboxylic acids is 10. The van der Waals surface area contributed by atoms with Gasteiger partial charge in [0, 0.05) is 85.8 Å². The molecule has 6 atom stereocenters. The molecule has 3 unspecified atom stereocenters. The summed E-state index contributed by atoms with van der Waals surface area (Å²) < 4.78 is 46.8. The first-order chi connectivity index (χ1) is 42.6. The Hall–Kier alpha value is -7.95. The third-order valence-electron chi connectivity index (χ3n) is 17.1. The Morgan fingerprint density at radius 2 is 1.63 bits per heavy atom. The van der Waals surface area contributed by atoms with Crippen LogP contribution in [0, 0.1) is 17.8 Å². The molecule has 90 heavy (non-hydrogen) atoms. The second kappa shape index (κ2) is 27.7. The predicted octanol–water partition coefficient (Wildman–Crippen LogP) is 4.58. The molecule has 0 aliphatic carbocycles. The standard InChI is InChI=1S/C63H74F2N9O14PS/c1-5-71-28-27-42-18-20-49(74(42)60(83)47(35-71)69-57(80)51-33-40-32-41(17-22-50(40)90-51)63(64,65)89(85,86)87)56(79)67-45(19-23-52(66)75)54(77)68-46(31-37-13-15-39(16-14-37)61(84)88-62(2,3)4)59(82)72-29-25-36(26-30-72)9-6-7-10-38-11-8-12-43-44(38)34-73(58(43)81)48-21-24-53(76)70-55(48)78/h8,11-17,22,32-33,36,42,45-49H,5-6,9,18-21,23-31,34-35H2,1-4H3,(H2,66,75)(H,67,79)(H,68,77)(H,69,80)(H,70,76,78)(H2,85,86,87)/t42-,45?,46?,47+,48?,49+/m1/s1. The van der Waals surface area contributed by atoms with Crippen LogP contribution in [0.2, 0.25) is 0 Å². The van der Waals surface area contributed by atoms with Crippen molar-refractivity contribution in [1.29, 1.82) is 0 Å². The summed E-state index contributed by atoms with van der Waals surface area (Å²) in [7, 11) is -5.89. The van der Waals surface area contributed by atoms with Crippen molar-refractivity contribution < 1.29 is 75.8 Å². The molecule has 6 heterocycles. The van der Waals surface area contributed by atoms with Crippen LogP contribution in [0.1, 0.15) is 151 Å². The molecule has 0 saturated carbocycles. The number of esters is 1. The molecule has 9 amide bonds. The van der Waals surface area contributed by atoms with Crippen molar-refractivity contribution in [2.24, 2.45) is 11.7 Å². The summed E-state index contributed by atoms with van der Waals surface area (Å²) in [5.41, 5.74) is 2.10. The van der Waals surface area contributed by atoms with E-state index in [0.29, 0.717) is 86.1 Å². The minimum Gasteiger partial charge on any atom is -0.456 e. The average Bonchev–Trinajstić information content (AvgIpc) is 1.60. The smallest absolute Gasteiger partial charge is 0.399 e. The van der Waals surface area contributed by atoms with Crippen LogP contribution >= 0.6 is 18.9 Å². The van der Waals surface area contributed by atoms with Gasteiger partial charge in [-0.05, 0) is 144 Å². The number of nitrogens with one attached hydrogen (secondary N) is 4. The summed E-state index contributed by atoms with van der Waals surface area (Å²) in [6, 6.07) is 9.70. The molecule has 1 aromatic heterocycles. The number of piperidine rings is 2. The first-order valence-electron chi connectivity index (χ1n) is 30.2. The third-order valence-corrected chi connectivity index (χ3v) is 19.3. The molecule has 0 spiro atoms. The summed E-state index contributed by atoms with van der Waals surface area (Å²) in [6.45, 7) is 9.00. The second-order valence-electron chi connectivity index (χ2n) is 24.5. The van der Waals surface area contributed by atoms with Crippen LogP contribution in [0.4, 0.5) is 8.78 Å². The summed E-state index contributed by atoms with van der Waals surface area (Å²) in [5, 5.41) is 10.8. The zero-order valence-corrected chi connectivity index (χ0v) is 52.1. The Labute approximate surface area is 522 Å². The summed E-state index contributed by atoms with van der Waals surface area (Å²) in [4.78, 5) is 161. The maximum atomic E-state index is 14.8. The van der Waals surface area contributed by atoms with E-state index in [4.69, 9.17) is 10.5 Å². The van der Waals surface area contributed by atoms with E-state index in [0.717, 1.165) is 29.0 Å².